The van der Waals surface area contributed by atoms with Crippen LogP contribution in [0.4, 0.5) is 0 Å². The predicted molar refractivity (Wildman–Crippen MR) is 53.8 cm³/mol. The van der Waals surface area contributed by atoms with Gasteiger partial charge in [-0.25, -0.2) is 0 Å². The van der Waals surface area contributed by atoms with Crippen molar-refractivity contribution in [3.05, 3.63) is 0 Å². The third kappa shape index (κ3) is 1.75. The minimum absolute atomic E-state index is 0.299. The average molecular weight is 183 g/mol. The number of rotatable bonds is 0. The molecule has 0 aromatic rings. The summed E-state index contributed by atoms with van der Waals surface area (Å²) >= 11 is 0. The molecule has 76 valence electrons. The fraction of sp³-hybridized carbons (Fsp3) is 1.00. The molecule has 1 spiro atoms. The molecule has 2 unspecified atom stereocenters. The molecule has 2 nitrogen and oxygen atoms in total. The zero-order chi connectivity index (χ0) is 9.53. The molecule has 0 saturated carbocycles. The van der Waals surface area contributed by atoms with Gasteiger partial charge in [-0.15, -0.1) is 0 Å². The van der Waals surface area contributed by atoms with Crippen molar-refractivity contribution in [2.24, 2.45) is 5.41 Å². The molecule has 0 aromatic carbocycles. The summed E-state index contributed by atoms with van der Waals surface area (Å²) in [4.78, 5) is 0. The molecular formula is C11H21NO. The van der Waals surface area contributed by atoms with Gasteiger partial charge >= 0.3 is 0 Å². The molecule has 0 aromatic heterocycles. The van der Waals surface area contributed by atoms with Gasteiger partial charge in [-0.2, -0.15) is 0 Å². The Balaban J connectivity index is 2.01. The molecule has 0 amide bonds. The van der Waals surface area contributed by atoms with Crippen LogP contribution in [-0.4, -0.2) is 24.8 Å². The quantitative estimate of drug-likeness (QED) is 0.619. The van der Waals surface area contributed by atoms with E-state index in [1.165, 1.54) is 25.8 Å². The zero-order valence-electron chi connectivity index (χ0n) is 9.02. The molecule has 2 aliphatic heterocycles. The van der Waals surface area contributed by atoms with Crippen molar-refractivity contribution in [3.63, 3.8) is 0 Å². The van der Waals surface area contributed by atoms with E-state index >= 15 is 0 Å². The van der Waals surface area contributed by atoms with Crippen molar-refractivity contribution < 1.29 is 4.74 Å². The molecule has 1 N–H and O–H groups in total. The Morgan fingerprint density at radius 3 is 2.62 bits per heavy atom. The molecule has 2 fully saturated rings. The SMILES string of the molecule is CC(C)(C)C1CC2(CCCN2)CO1. The molecule has 13 heavy (non-hydrogen) atoms. The summed E-state index contributed by atoms with van der Waals surface area (Å²) in [5.74, 6) is 0. The highest BCUT2D eigenvalue weighted by molar-refractivity contribution is 5.01. The lowest BCUT2D eigenvalue weighted by Crippen LogP contribution is -2.41. The lowest BCUT2D eigenvalue weighted by molar-refractivity contribution is 0.0268. The van der Waals surface area contributed by atoms with Crippen molar-refractivity contribution in [1.29, 1.82) is 0 Å². The highest BCUT2D eigenvalue weighted by Gasteiger charge is 2.45. The monoisotopic (exact) mass is 183 g/mol. The molecule has 0 aliphatic carbocycles. The third-order valence-electron chi connectivity index (χ3n) is 3.43. The van der Waals surface area contributed by atoms with Crippen LogP contribution in [0.1, 0.15) is 40.0 Å². The Morgan fingerprint density at radius 1 is 1.38 bits per heavy atom. The molecule has 2 saturated heterocycles. The van der Waals surface area contributed by atoms with Crippen LogP contribution in [0.25, 0.3) is 0 Å². The van der Waals surface area contributed by atoms with Crippen molar-refractivity contribution in [2.45, 2.75) is 51.7 Å². The topological polar surface area (TPSA) is 21.3 Å². The van der Waals surface area contributed by atoms with Gasteiger partial charge in [-0.1, -0.05) is 20.8 Å². The molecule has 2 heteroatoms. The van der Waals surface area contributed by atoms with Gasteiger partial charge in [0.1, 0.15) is 0 Å². The number of nitrogens with one attached hydrogen (secondary N) is 1. The number of hydrogen-bond acceptors (Lipinski definition) is 2. The molecule has 0 radical (unpaired) electrons. The summed E-state index contributed by atoms with van der Waals surface area (Å²) in [5, 5.41) is 3.61. The molecule has 2 rings (SSSR count). The minimum atomic E-state index is 0.299. The summed E-state index contributed by atoms with van der Waals surface area (Å²) in [5.41, 5.74) is 0.645. The molecule has 2 atom stereocenters. The van der Waals surface area contributed by atoms with Gasteiger partial charge in [0.05, 0.1) is 12.7 Å². The van der Waals surface area contributed by atoms with Gasteiger partial charge in [0, 0.05) is 5.54 Å². The first-order valence-corrected chi connectivity index (χ1v) is 5.39. The second-order valence-electron chi connectivity index (χ2n) is 5.68. The lowest BCUT2D eigenvalue weighted by atomic mass is 9.82. The number of ether oxygens (including phenoxy) is 1. The van der Waals surface area contributed by atoms with Gasteiger partial charge in [0.15, 0.2) is 0 Å². The van der Waals surface area contributed by atoms with Crippen LogP contribution >= 0.6 is 0 Å². The minimum Gasteiger partial charge on any atom is -0.376 e. The highest BCUT2D eigenvalue weighted by Crippen LogP contribution is 2.38. The van der Waals surface area contributed by atoms with E-state index in [2.05, 4.69) is 26.1 Å². The summed E-state index contributed by atoms with van der Waals surface area (Å²) in [7, 11) is 0. The Bertz CT molecular complexity index is 189. The van der Waals surface area contributed by atoms with Gasteiger partial charge in [0.2, 0.25) is 0 Å². The average Bonchev–Trinajstić information content (AvgIpc) is 2.60. The van der Waals surface area contributed by atoms with Crippen LogP contribution in [-0.2, 0) is 4.74 Å². The van der Waals surface area contributed by atoms with Gasteiger partial charge in [0.25, 0.3) is 0 Å². The smallest absolute Gasteiger partial charge is 0.0653 e. The molecule has 2 aliphatic rings. The normalized spacial score (nSPS) is 40.4. The van der Waals surface area contributed by atoms with Gasteiger partial charge in [-0.05, 0) is 31.2 Å². The van der Waals surface area contributed by atoms with E-state index in [1.807, 2.05) is 0 Å². The maximum Gasteiger partial charge on any atom is 0.0653 e. The van der Waals surface area contributed by atoms with Crippen molar-refractivity contribution >= 4 is 0 Å². The Hall–Kier alpha value is -0.0800. The molecule has 0 bridgehead atoms. The largest absolute Gasteiger partial charge is 0.376 e. The van der Waals surface area contributed by atoms with Gasteiger partial charge < -0.3 is 10.1 Å². The maximum absolute atomic E-state index is 5.89. The first-order valence-electron chi connectivity index (χ1n) is 5.39. The summed E-state index contributed by atoms with van der Waals surface area (Å²) < 4.78 is 5.89. The Kier molecular flexibility index (Phi) is 2.16. The zero-order valence-corrected chi connectivity index (χ0v) is 9.02. The fourth-order valence-electron chi connectivity index (χ4n) is 2.46. The van der Waals surface area contributed by atoms with Gasteiger partial charge in [-0.3, -0.25) is 0 Å². The van der Waals surface area contributed by atoms with E-state index in [1.54, 1.807) is 0 Å². The van der Waals surface area contributed by atoms with E-state index in [-0.39, 0.29) is 0 Å². The van der Waals surface area contributed by atoms with E-state index in [0.717, 1.165) is 6.61 Å². The fourth-order valence-corrected chi connectivity index (χ4v) is 2.46. The van der Waals surface area contributed by atoms with Crippen LogP contribution in [0.5, 0.6) is 0 Å². The van der Waals surface area contributed by atoms with E-state index in [9.17, 15) is 0 Å². The lowest BCUT2D eigenvalue weighted by Gasteiger charge is -2.27. The van der Waals surface area contributed by atoms with Crippen LogP contribution in [0, 0.1) is 5.41 Å². The maximum atomic E-state index is 5.89. The van der Waals surface area contributed by atoms with Crippen LogP contribution in [0.15, 0.2) is 0 Å². The van der Waals surface area contributed by atoms with Crippen molar-refractivity contribution in [3.8, 4) is 0 Å². The first kappa shape index (κ1) is 9.47. The standard InChI is InChI=1S/C11H21NO/c1-10(2,3)9-7-11(8-13-9)5-4-6-12-11/h9,12H,4-8H2,1-3H3. The third-order valence-corrected chi connectivity index (χ3v) is 3.43. The molecular weight excluding hydrogens is 162 g/mol. The van der Waals surface area contributed by atoms with Crippen LogP contribution in [0.2, 0.25) is 0 Å². The van der Waals surface area contributed by atoms with Crippen LogP contribution in [0.3, 0.4) is 0 Å². The first-order chi connectivity index (χ1) is 6.02. The Labute approximate surface area is 81.0 Å². The second-order valence-corrected chi connectivity index (χ2v) is 5.68. The summed E-state index contributed by atoms with van der Waals surface area (Å²) in [6.45, 7) is 8.91. The van der Waals surface area contributed by atoms with Crippen molar-refractivity contribution in [2.75, 3.05) is 13.2 Å². The molecule has 2 heterocycles. The summed E-state index contributed by atoms with van der Waals surface area (Å²) in [6, 6.07) is 0. The van der Waals surface area contributed by atoms with E-state index < -0.39 is 0 Å². The highest BCUT2D eigenvalue weighted by atomic mass is 16.5. The number of hydrogen-bond donors (Lipinski definition) is 1. The predicted octanol–water partition coefficient (Wildman–Crippen LogP) is 1.94. The van der Waals surface area contributed by atoms with Crippen LogP contribution < -0.4 is 5.32 Å². The van der Waals surface area contributed by atoms with E-state index in [4.69, 9.17) is 4.74 Å². The summed E-state index contributed by atoms with van der Waals surface area (Å²) in [6.07, 6.45) is 4.27. The van der Waals surface area contributed by atoms with E-state index in [0.29, 0.717) is 17.1 Å². The van der Waals surface area contributed by atoms with Crippen molar-refractivity contribution in [1.82, 2.24) is 5.32 Å². The Morgan fingerprint density at radius 2 is 2.15 bits per heavy atom. The second kappa shape index (κ2) is 2.96.